The molecule has 6 nitrogen and oxygen atoms in total. The minimum atomic E-state index is 0.646. The Balaban J connectivity index is 2.60. The maximum absolute atomic E-state index is 5.29. The number of aromatic nitrogens is 2. The molecular weight excluding hydrogens is 256 g/mol. The summed E-state index contributed by atoms with van der Waals surface area (Å²) in [4.78, 5) is 9.19. The number of nitrogens with one attached hydrogen (secondary N) is 2. The number of anilines is 2. The average molecular weight is 276 g/mol. The van der Waals surface area contributed by atoms with Crippen LogP contribution in [0.15, 0.2) is 12.1 Å². The number of fused-ring (bicyclic) bond motifs is 1. The van der Waals surface area contributed by atoms with Crippen LogP contribution in [-0.2, 0) is 0 Å². The van der Waals surface area contributed by atoms with E-state index in [2.05, 4.69) is 20.6 Å². The van der Waals surface area contributed by atoms with Crippen molar-refractivity contribution < 1.29 is 9.47 Å². The number of ether oxygens (including phenoxy) is 2. The fraction of sp³-hybridized carbons (Fsp3) is 0.429. The monoisotopic (exact) mass is 276 g/mol. The highest BCUT2D eigenvalue weighted by molar-refractivity contribution is 5.83. The molecule has 2 rings (SSSR count). The summed E-state index contributed by atoms with van der Waals surface area (Å²) in [7, 11) is 3.21. The summed E-state index contributed by atoms with van der Waals surface area (Å²) in [6.07, 6.45) is 0. The fourth-order valence-corrected chi connectivity index (χ4v) is 1.96. The quantitative estimate of drug-likeness (QED) is 0.845. The van der Waals surface area contributed by atoms with Gasteiger partial charge in [-0.3, -0.25) is 0 Å². The van der Waals surface area contributed by atoms with Crippen molar-refractivity contribution in [3.63, 3.8) is 0 Å². The summed E-state index contributed by atoms with van der Waals surface area (Å²) >= 11 is 0. The predicted octanol–water partition coefficient (Wildman–Crippen LogP) is 2.51. The van der Waals surface area contributed by atoms with Crippen molar-refractivity contribution in [3.05, 3.63) is 12.1 Å². The fourth-order valence-electron chi connectivity index (χ4n) is 1.96. The molecule has 0 bridgehead atoms. The summed E-state index contributed by atoms with van der Waals surface area (Å²) in [6.45, 7) is 5.62. The molecule has 0 aliphatic carbocycles. The first-order valence-electron chi connectivity index (χ1n) is 6.65. The lowest BCUT2D eigenvalue weighted by Gasteiger charge is -2.13. The van der Waals surface area contributed by atoms with Crippen LogP contribution in [0.2, 0.25) is 0 Å². The Morgan fingerprint density at radius 3 is 1.55 bits per heavy atom. The van der Waals surface area contributed by atoms with E-state index >= 15 is 0 Å². The van der Waals surface area contributed by atoms with E-state index in [1.54, 1.807) is 14.2 Å². The molecule has 0 aliphatic heterocycles. The van der Waals surface area contributed by atoms with E-state index in [-0.39, 0.29) is 0 Å². The molecule has 0 spiro atoms. The molecular formula is C14H20N4O2. The van der Waals surface area contributed by atoms with Gasteiger partial charge in [0.2, 0.25) is 0 Å². The Kier molecular flexibility index (Phi) is 4.45. The molecule has 2 aromatic rings. The Labute approximate surface area is 118 Å². The molecule has 1 heterocycles. The summed E-state index contributed by atoms with van der Waals surface area (Å²) in [5.41, 5.74) is 1.53. The molecule has 0 atom stereocenters. The first-order chi connectivity index (χ1) is 9.73. The first-order valence-corrected chi connectivity index (χ1v) is 6.65. The average Bonchev–Trinajstić information content (AvgIpc) is 2.47. The lowest BCUT2D eigenvalue weighted by atomic mass is 10.2. The van der Waals surface area contributed by atoms with Crippen LogP contribution in [0.5, 0.6) is 11.5 Å². The van der Waals surface area contributed by atoms with Gasteiger partial charge in [-0.2, -0.15) is 0 Å². The van der Waals surface area contributed by atoms with Crippen LogP contribution < -0.4 is 20.1 Å². The first kappa shape index (κ1) is 14.2. The minimum absolute atomic E-state index is 0.646. The summed E-state index contributed by atoms with van der Waals surface area (Å²) in [5.74, 6) is 2.78. The molecule has 1 aromatic carbocycles. The number of nitrogens with zero attached hydrogens (tertiary/aromatic N) is 2. The Hall–Kier alpha value is -2.24. The largest absolute Gasteiger partial charge is 0.493 e. The molecule has 1 aromatic heterocycles. The van der Waals surface area contributed by atoms with Crippen molar-refractivity contribution in [1.82, 2.24) is 9.97 Å². The van der Waals surface area contributed by atoms with Gasteiger partial charge in [-0.1, -0.05) is 0 Å². The minimum Gasteiger partial charge on any atom is -0.493 e. The third-order valence-electron chi connectivity index (χ3n) is 2.86. The van der Waals surface area contributed by atoms with Gasteiger partial charge in [0.05, 0.1) is 25.3 Å². The van der Waals surface area contributed by atoms with E-state index in [1.807, 2.05) is 26.0 Å². The van der Waals surface area contributed by atoms with Gasteiger partial charge in [-0.05, 0) is 13.8 Å². The van der Waals surface area contributed by atoms with Crippen LogP contribution in [0.1, 0.15) is 13.8 Å². The van der Waals surface area contributed by atoms with E-state index in [1.165, 1.54) is 0 Å². The molecule has 0 radical (unpaired) electrons. The van der Waals surface area contributed by atoms with Crippen LogP contribution in [0.3, 0.4) is 0 Å². The molecule has 108 valence electrons. The molecule has 6 heteroatoms. The molecule has 0 fully saturated rings. The highest BCUT2D eigenvalue weighted by Crippen LogP contribution is 2.32. The SMILES string of the molecule is CCNc1nc2cc(OC)c(OC)cc2nc1NCC. The van der Waals surface area contributed by atoms with E-state index < -0.39 is 0 Å². The van der Waals surface area contributed by atoms with Crippen molar-refractivity contribution in [2.75, 3.05) is 37.9 Å². The standard InChI is InChI=1S/C14H20N4O2/c1-5-15-13-14(16-6-2)18-10-8-12(20-4)11(19-3)7-9(10)17-13/h7-8H,5-6H2,1-4H3,(H,15,17)(H,16,18). The zero-order valence-corrected chi connectivity index (χ0v) is 12.3. The van der Waals surface area contributed by atoms with Crippen molar-refractivity contribution in [2.45, 2.75) is 13.8 Å². The normalized spacial score (nSPS) is 10.4. The van der Waals surface area contributed by atoms with E-state index in [4.69, 9.17) is 9.47 Å². The van der Waals surface area contributed by atoms with Gasteiger partial charge in [0.15, 0.2) is 23.1 Å². The summed E-state index contributed by atoms with van der Waals surface area (Å²) in [5, 5.41) is 6.42. The number of hydrogen-bond donors (Lipinski definition) is 2. The van der Waals surface area contributed by atoms with Gasteiger partial charge in [0.25, 0.3) is 0 Å². The van der Waals surface area contributed by atoms with Crippen molar-refractivity contribution in [2.24, 2.45) is 0 Å². The number of rotatable bonds is 6. The molecule has 0 saturated heterocycles. The summed E-state index contributed by atoms with van der Waals surface area (Å²) in [6, 6.07) is 3.66. The van der Waals surface area contributed by atoms with Gasteiger partial charge in [0, 0.05) is 25.2 Å². The topological polar surface area (TPSA) is 68.3 Å². The van der Waals surface area contributed by atoms with Crippen molar-refractivity contribution >= 4 is 22.7 Å². The second-order valence-corrected chi connectivity index (χ2v) is 4.18. The van der Waals surface area contributed by atoms with Gasteiger partial charge < -0.3 is 20.1 Å². The Morgan fingerprint density at radius 2 is 1.25 bits per heavy atom. The molecule has 0 saturated carbocycles. The molecule has 0 amide bonds. The van der Waals surface area contributed by atoms with Crippen LogP contribution in [0.25, 0.3) is 11.0 Å². The van der Waals surface area contributed by atoms with Gasteiger partial charge in [0.1, 0.15) is 0 Å². The smallest absolute Gasteiger partial charge is 0.169 e. The number of hydrogen-bond acceptors (Lipinski definition) is 6. The molecule has 20 heavy (non-hydrogen) atoms. The zero-order valence-electron chi connectivity index (χ0n) is 12.3. The predicted molar refractivity (Wildman–Crippen MR) is 81.0 cm³/mol. The van der Waals surface area contributed by atoms with Gasteiger partial charge in [-0.15, -0.1) is 0 Å². The molecule has 2 N–H and O–H groups in total. The number of benzene rings is 1. The van der Waals surface area contributed by atoms with Crippen LogP contribution in [0.4, 0.5) is 11.6 Å². The molecule has 0 unspecified atom stereocenters. The van der Waals surface area contributed by atoms with Crippen LogP contribution in [-0.4, -0.2) is 37.3 Å². The van der Waals surface area contributed by atoms with E-state index in [9.17, 15) is 0 Å². The van der Waals surface area contributed by atoms with Gasteiger partial charge >= 0.3 is 0 Å². The third kappa shape index (κ3) is 2.68. The highest BCUT2D eigenvalue weighted by Gasteiger charge is 2.12. The lowest BCUT2D eigenvalue weighted by Crippen LogP contribution is -2.08. The van der Waals surface area contributed by atoms with Crippen LogP contribution >= 0.6 is 0 Å². The maximum atomic E-state index is 5.29. The van der Waals surface area contributed by atoms with Crippen molar-refractivity contribution in [1.29, 1.82) is 0 Å². The Bertz CT molecular complexity index is 549. The van der Waals surface area contributed by atoms with E-state index in [0.717, 1.165) is 35.8 Å². The Morgan fingerprint density at radius 1 is 0.850 bits per heavy atom. The van der Waals surface area contributed by atoms with Crippen molar-refractivity contribution in [3.8, 4) is 11.5 Å². The summed E-state index contributed by atoms with van der Waals surface area (Å²) < 4.78 is 10.6. The lowest BCUT2D eigenvalue weighted by molar-refractivity contribution is 0.355. The maximum Gasteiger partial charge on any atom is 0.169 e. The van der Waals surface area contributed by atoms with E-state index in [0.29, 0.717) is 11.5 Å². The van der Waals surface area contributed by atoms with Gasteiger partial charge in [-0.25, -0.2) is 9.97 Å². The number of methoxy groups -OCH3 is 2. The highest BCUT2D eigenvalue weighted by atomic mass is 16.5. The zero-order chi connectivity index (χ0) is 14.5. The second kappa shape index (κ2) is 6.27. The second-order valence-electron chi connectivity index (χ2n) is 4.18. The molecule has 0 aliphatic rings. The third-order valence-corrected chi connectivity index (χ3v) is 2.86. The van der Waals surface area contributed by atoms with Crippen LogP contribution in [0, 0.1) is 0 Å².